The summed E-state index contributed by atoms with van der Waals surface area (Å²) in [7, 11) is 0. The van der Waals surface area contributed by atoms with Crippen LogP contribution in [0.1, 0.15) is 0 Å². The second-order valence-corrected chi connectivity index (χ2v) is 18.6. The molecule has 0 atom stereocenters. The van der Waals surface area contributed by atoms with E-state index in [1.165, 1.54) is 53.1 Å². The zero-order chi connectivity index (χ0) is 45.4. The minimum atomic E-state index is 0.566. The molecule has 0 saturated carbocycles. The van der Waals surface area contributed by atoms with Gasteiger partial charge in [-0.2, -0.15) is 9.97 Å². The zero-order valence-corrected chi connectivity index (χ0v) is 38.0. The first-order chi connectivity index (χ1) is 34.2. The number of nitrogens with zero attached hydrogens (tertiary/aromatic N) is 5. The van der Waals surface area contributed by atoms with Gasteiger partial charge in [-0.25, -0.2) is 4.98 Å². The molecular formula is C63H39N5S. The van der Waals surface area contributed by atoms with Gasteiger partial charge in [0.1, 0.15) is 0 Å². The summed E-state index contributed by atoms with van der Waals surface area (Å²) < 4.78 is 7.18. The number of hydrogen-bond acceptors (Lipinski definition) is 4. The van der Waals surface area contributed by atoms with E-state index in [0.29, 0.717) is 17.6 Å². The zero-order valence-electron chi connectivity index (χ0n) is 37.2. The lowest BCUT2D eigenvalue weighted by atomic mass is 9.99. The van der Waals surface area contributed by atoms with E-state index in [0.717, 1.165) is 60.9 Å². The lowest BCUT2D eigenvalue weighted by Gasteiger charge is -2.14. The molecule has 0 amide bonds. The number of hydrogen-bond donors (Lipinski definition) is 0. The minimum absolute atomic E-state index is 0.566. The molecule has 10 aromatic carbocycles. The normalized spacial score (nSPS) is 11.8. The van der Waals surface area contributed by atoms with Crippen LogP contribution in [0.4, 0.5) is 0 Å². The van der Waals surface area contributed by atoms with Crippen LogP contribution in [-0.4, -0.2) is 24.1 Å². The summed E-state index contributed by atoms with van der Waals surface area (Å²) in [6.07, 6.45) is 0. The summed E-state index contributed by atoms with van der Waals surface area (Å²) in [6.45, 7) is 0. The van der Waals surface area contributed by atoms with E-state index in [-0.39, 0.29) is 0 Å². The smallest absolute Gasteiger partial charge is 0.238 e. The number of thiophene rings is 1. The highest BCUT2D eigenvalue weighted by atomic mass is 32.1. The standard InChI is InChI=1S/C63H39N5S/c1-4-18-40(19-5-1)43-24-16-26-45(38-43)61-64-62(54-31-11-10-28-47(54)42-22-8-3-9-23-42)66-63(65-61)68-56-33-15-13-30-49(56)51-35-37-53-52-36-34-50-48-29-12-14-32-55(48)67(57(50)59(52)69-60(53)58(51)68)46-27-17-25-44(39-46)41-20-6-2-7-21-41/h1-39H. The second kappa shape index (κ2) is 15.8. The van der Waals surface area contributed by atoms with Crippen molar-refractivity contribution < 1.29 is 0 Å². The Balaban J connectivity index is 1.06. The SMILES string of the molecule is c1ccc(-c2cccc(-c3nc(-c4ccccc4-c4ccccc4)nc(-n4c5ccccc5c5ccc6c7ccc8c9ccccc9n(-c9cccc(-c%10ccccc%10)c9)c8c7sc6c54)n3)c2)cc1. The number of rotatable bonds is 7. The third-order valence-corrected chi connectivity index (χ3v) is 14.8. The van der Waals surface area contributed by atoms with E-state index in [4.69, 9.17) is 15.0 Å². The number of benzene rings is 10. The molecule has 0 aliphatic heterocycles. The van der Waals surface area contributed by atoms with E-state index in [9.17, 15) is 0 Å². The molecule has 0 unspecified atom stereocenters. The molecule has 14 aromatic rings. The highest BCUT2D eigenvalue weighted by molar-refractivity contribution is 7.27. The summed E-state index contributed by atoms with van der Waals surface area (Å²) in [5, 5.41) is 7.17. The summed E-state index contributed by atoms with van der Waals surface area (Å²) in [5.74, 6) is 1.78. The van der Waals surface area contributed by atoms with Gasteiger partial charge in [0.15, 0.2) is 11.6 Å². The molecule has 4 heterocycles. The van der Waals surface area contributed by atoms with Crippen LogP contribution < -0.4 is 0 Å². The van der Waals surface area contributed by atoms with Gasteiger partial charge in [0.25, 0.3) is 0 Å². The average Bonchev–Trinajstić information content (AvgIpc) is 4.10. The number of aromatic nitrogens is 5. The van der Waals surface area contributed by atoms with Gasteiger partial charge in [-0.1, -0.05) is 206 Å². The van der Waals surface area contributed by atoms with Crippen molar-refractivity contribution in [1.82, 2.24) is 24.1 Å². The monoisotopic (exact) mass is 897 g/mol. The predicted molar refractivity (Wildman–Crippen MR) is 289 cm³/mol. The van der Waals surface area contributed by atoms with Crippen molar-refractivity contribution in [3.63, 3.8) is 0 Å². The first-order valence-corrected chi connectivity index (χ1v) is 24.1. The highest BCUT2D eigenvalue weighted by Crippen LogP contribution is 2.47. The van der Waals surface area contributed by atoms with Crippen LogP contribution in [0.15, 0.2) is 237 Å². The van der Waals surface area contributed by atoms with Gasteiger partial charge >= 0.3 is 0 Å². The van der Waals surface area contributed by atoms with Crippen LogP contribution in [0.25, 0.3) is 132 Å². The predicted octanol–water partition coefficient (Wildman–Crippen LogP) is 16.8. The second-order valence-electron chi connectivity index (χ2n) is 17.5. The first kappa shape index (κ1) is 39.2. The molecule has 6 heteroatoms. The van der Waals surface area contributed by atoms with E-state index >= 15 is 0 Å². The van der Waals surface area contributed by atoms with E-state index in [1.807, 2.05) is 11.3 Å². The molecule has 0 aliphatic carbocycles. The van der Waals surface area contributed by atoms with E-state index in [2.05, 4.69) is 246 Å². The number of fused-ring (bicyclic) bond motifs is 11. The molecule has 0 saturated heterocycles. The molecule has 5 nitrogen and oxygen atoms in total. The van der Waals surface area contributed by atoms with Crippen molar-refractivity contribution in [3.8, 4) is 67.8 Å². The molecule has 0 N–H and O–H groups in total. The van der Waals surface area contributed by atoms with Gasteiger partial charge in [0.2, 0.25) is 5.95 Å². The molecule has 14 rings (SSSR count). The molecule has 0 spiro atoms. The molecule has 4 aromatic heterocycles. The van der Waals surface area contributed by atoms with Gasteiger partial charge in [-0.05, 0) is 63.7 Å². The Labute approximate surface area is 401 Å². The molecule has 322 valence electrons. The van der Waals surface area contributed by atoms with Crippen LogP contribution in [0, 0.1) is 0 Å². The lowest BCUT2D eigenvalue weighted by Crippen LogP contribution is -2.07. The fourth-order valence-electron chi connectivity index (χ4n) is 10.4. The summed E-state index contributed by atoms with van der Waals surface area (Å²) >= 11 is 1.86. The molecule has 0 aliphatic rings. The minimum Gasteiger partial charge on any atom is -0.308 e. The molecule has 69 heavy (non-hydrogen) atoms. The van der Waals surface area contributed by atoms with Gasteiger partial charge in [0, 0.05) is 49.1 Å². The van der Waals surface area contributed by atoms with Gasteiger partial charge < -0.3 is 4.57 Å². The Kier molecular flexibility index (Phi) is 9.00. The highest BCUT2D eigenvalue weighted by Gasteiger charge is 2.24. The third kappa shape index (κ3) is 6.34. The van der Waals surface area contributed by atoms with Crippen LogP contribution in [0.3, 0.4) is 0 Å². The molecule has 0 radical (unpaired) electrons. The van der Waals surface area contributed by atoms with Crippen molar-refractivity contribution in [3.05, 3.63) is 237 Å². The summed E-state index contributed by atoms with van der Waals surface area (Å²) in [5.41, 5.74) is 14.2. The van der Waals surface area contributed by atoms with Gasteiger partial charge in [-0.15, -0.1) is 11.3 Å². The van der Waals surface area contributed by atoms with Gasteiger partial charge in [-0.3, -0.25) is 4.57 Å². The van der Waals surface area contributed by atoms with Gasteiger partial charge in [0.05, 0.1) is 31.5 Å². The summed E-state index contributed by atoms with van der Waals surface area (Å²) in [4.78, 5) is 16.3. The van der Waals surface area contributed by atoms with Crippen LogP contribution in [0.2, 0.25) is 0 Å². The van der Waals surface area contributed by atoms with Crippen molar-refractivity contribution >= 4 is 75.1 Å². The van der Waals surface area contributed by atoms with Crippen molar-refractivity contribution in [2.45, 2.75) is 0 Å². The van der Waals surface area contributed by atoms with Crippen LogP contribution in [-0.2, 0) is 0 Å². The van der Waals surface area contributed by atoms with E-state index < -0.39 is 0 Å². The maximum Gasteiger partial charge on any atom is 0.238 e. The molecule has 0 fully saturated rings. The van der Waals surface area contributed by atoms with E-state index in [1.54, 1.807) is 0 Å². The maximum absolute atomic E-state index is 5.51. The third-order valence-electron chi connectivity index (χ3n) is 13.6. The average molecular weight is 898 g/mol. The van der Waals surface area contributed by atoms with Crippen molar-refractivity contribution in [1.29, 1.82) is 0 Å². The summed E-state index contributed by atoms with van der Waals surface area (Å²) in [6, 6.07) is 84.3. The number of para-hydroxylation sites is 2. The maximum atomic E-state index is 5.51. The fourth-order valence-corrected chi connectivity index (χ4v) is 11.8. The van der Waals surface area contributed by atoms with Crippen molar-refractivity contribution in [2.24, 2.45) is 0 Å². The Morgan fingerprint density at radius 3 is 1.41 bits per heavy atom. The first-order valence-electron chi connectivity index (χ1n) is 23.3. The molecular weight excluding hydrogens is 859 g/mol. The van der Waals surface area contributed by atoms with Crippen LogP contribution >= 0.6 is 11.3 Å². The largest absolute Gasteiger partial charge is 0.308 e. The Hall–Kier alpha value is -8.97. The van der Waals surface area contributed by atoms with Crippen LogP contribution in [0.5, 0.6) is 0 Å². The molecule has 0 bridgehead atoms. The quantitative estimate of drug-likeness (QED) is 0.160. The topological polar surface area (TPSA) is 48.5 Å². The Morgan fingerprint density at radius 2 is 0.754 bits per heavy atom. The van der Waals surface area contributed by atoms with Crippen molar-refractivity contribution in [2.75, 3.05) is 0 Å². The lowest BCUT2D eigenvalue weighted by molar-refractivity contribution is 0.955. The Bertz CT molecular complexity index is 4300. The fraction of sp³-hybridized carbons (Fsp3) is 0. The Morgan fingerprint density at radius 1 is 0.290 bits per heavy atom.